The topological polar surface area (TPSA) is 63.8 Å². The van der Waals surface area contributed by atoms with Crippen LogP contribution in [0.25, 0.3) is 0 Å². The molecule has 1 aromatic rings. The average molecular weight is 337 g/mol. The van der Waals surface area contributed by atoms with E-state index in [0.717, 1.165) is 34.8 Å². The van der Waals surface area contributed by atoms with E-state index in [1.807, 2.05) is 6.92 Å². The number of thioether (sulfide) groups is 1. The van der Waals surface area contributed by atoms with E-state index < -0.39 is 0 Å². The molecule has 2 atom stereocenters. The molecule has 1 aliphatic rings. The number of nitrogen functional groups attached to an aromatic ring is 1. The van der Waals surface area contributed by atoms with E-state index >= 15 is 0 Å². The van der Waals surface area contributed by atoms with Crippen molar-refractivity contribution >= 4 is 23.3 Å². The molecular weight excluding hydrogens is 304 g/mol. The van der Waals surface area contributed by atoms with Gasteiger partial charge in [-0.25, -0.2) is 9.97 Å². The third-order valence-corrected chi connectivity index (χ3v) is 5.39. The number of hydrogen-bond acceptors (Lipinski definition) is 5. The number of hydrogen-bond donors (Lipinski definition) is 2. The lowest BCUT2D eigenvalue weighted by Gasteiger charge is -2.23. The van der Waals surface area contributed by atoms with Crippen LogP contribution in [0.4, 0.5) is 11.5 Å². The number of nitrogens with one attached hydrogen (secondary N) is 1. The number of nitrogens with zero attached hydrogens (tertiary/aromatic N) is 2. The van der Waals surface area contributed by atoms with Gasteiger partial charge in [-0.05, 0) is 50.4 Å². The number of nitrogens with two attached hydrogens (primary N) is 1. The molecule has 1 saturated carbocycles. The number of rotatable bonds is 6. The van der Waals surface area contributed by atoms with E-state index in [9.17, 15) is 0 Å². The van der Waals surface area contributed by atoms with E-state index in [0.29, 0.717) is 17.1 Å². The van der Waals surface area contributed by atoms with Crippen LogP contribution in [-0.2, 0) is 0 Å². The Bertz CT molecular complexity index is 524. The van der Waals surface area contributed by atoms with E-state index in [1.54, 1.807) is 11.8 Å². The highest BCUT2D eigenvalue weighted by Gasteiger charge is 2.28. The Labute approximate surface area is 145 Å². The predicted octanol–water partition coefficient (Wildman–Crippen LogP) is 4.89. The Kier molecular flexibility index (Phi) is 6.18. The zero-order valence-corrected chi connectivity index (χ0v) is 16.1. The van der Waals surface area contributed by atoms with Crippen molar-refractivity contribution in [2.75, 3.05) is 16.8 Å². The first-order valence-electron chi connectivity index (χ1n) is 8.82. The van der Waals surface area contributed by atoms with E-state index in [-0.39, 0.29) is 0 Å². The minimum Gasteiger partial charge on any atom is -0.394 e. The van der Waals surface area contributed by atoms with Crippen molar-refractivity contribution in [2.24, 2.45) is 11.3 Å². The smallest absolute Gasteiger partial charge is 0.189 e. The van der Waals surface area contributed by atoms with Gasteiger partial charge >= 0.3 is 0 Å². The third kappa shape index (κ3) is 5.55. The minimum atomic E-state index is 0.411. The Morgan fingerprint density at radius 1 is 1.26 bits per heavy atom. The fourth-order valence-electron chi connectivity index (χ4n) is 3.37. The molecule has 23 heavy (non-hydrogen) atoms. The molecule has 0 spiro atoms. The summed E-state index contributed by atoms with van der Waals surface area (Å²) in [7, 11) is 0. The van der Waals surface area contributed by atoms with E-state index in [2.05, 4.69) is 43.0 Å². The molecule has 0 bridgehead atoms. The molecule has 4 nitrogen and oxygen atoms in total. The monoisotopic (exact) mass is 336 g/mol. The molecule has 5 heteroatoms. The summed E-state index contributed by atoms with van der Waals surface area (Å²) < 4.78 is 0. The second-order valence-electron chi connectivity index (χ2n) is 7.99. The lowest BCUT2D eigenvalue weighted by molar-refractivity contribution is 0.296. The second-order valence-corrected chi connectivity index (χ2v) is 9.05. The van der Waals surface area contributed by atoms with E-state index in [1.165, 1.54) is 25.7 Å². The fourth-order valence-corrected chi connectivity index (χ4v) is 4.12. The summed E-state index contributed by atoms with van der Waals surface area (Å²) in [5.41, 5.74) is 8.19. The maximum absolute atomic E-state index is 6.20. The molecule has 1 fully saturated rings. The first-order valence-corrected chi connectivity index (χ1v) is 9.80. The summed E-state index contributed by atoms with van der Waals surface area (Å²) >= 11 is 1.71. The summed E-state index contributed by atoms with van der Waals surface area (Å²) in [6, 6.07) is 0.489. The number of aromatic nitrogens is 2. The average Bonchev–Trinajstić information content (AvgIpc) is 2.86. The summed E-state index contributed by atoms with van der Waals surface area (Å²) in [6.45, 7) is 11.1. The molecule has 1 aromatic heterocycles. The Hall–Kier alpha value is -0.970. The van der Waals surface area contributed by atoms with Crippen molar-refractivity contribution in [1.29, 1.82) is 0 Å². The van der Waals surface area contributed by atoms with E-state index in [4.69, 9.17) is 5.73 Å². The van der Waals surface area contributed by atoms with Crippen LogP contribution in [0, 0.1) is 18.3 Å². The highest BCUT2D eigenvalue weighted by molar-refractivity contribution is 7.99. The first kappa shape index (κ1) is 18.4. The Morgan fingerprint density at radius 2 is 2.00 bits per heavy atom. The zero-order chi connectivity index (χ0) is 17.0. The van der Waals surface area contributed by atoms with Gasteiger partial charge in [-0.3, -0.25) is 0 Å². The largest absolute Gasteiger partial charge is 0.394 e. The van der Waals surface area contributed by atoms with Crippen LogP contribution in [-0.4, -0.2) is 21.8 Å². The van der Waals surface area contributed by atoms with Crippen LogP contribution in [0.1, 0.15) is 65.5 Å². The lowest BCUT2D eigenvalue weighted by atomic mass is 9.84. The SMILES string of the molecule is CCCSc1nc(C)c(N)c(NC2CC[C@@H](CC(C)(C)C)C2)n1. The molecule has 0 radical (unpaired) electrons. The molecule has 1 heterocycles. The molecule has 0 amide bonds. The third-order valence-electron chi connectivity index (χ3n) is 4.33. The molecule has 0 aromatic carbocycles. The second kappa shape index (κ2) is 7.73. The van der Waals surface area contributed by atoms with Gasteiger partial charge in [-0.2, -0.15) is 0 Å². The van der Waals surface area contributed by atoms with Crippen molar-refractivity contribution < 1.29 is 0 Å². The van der Waals surface area contributed by atoms with Gasteiger partial charge in [-0.1, -0.05) is 39.5 Å². The molecule has 1 unspecified atom stereocenters. The summed E-state index contributed by atoms with van der Waals surface area (Å²) in [6.07, 6.45) is 6.15. The lowest BCUT2D eigenvalue weighted by Crippen LogP contribution is -2.19. The molecule has 0 aliphatic heterocycles. The molecule has 3 N–H and O–H groups in total. The van der Waals surface area contributed by atoms with Gasteiger partial charge in [0.2, 0.25) is 0 Å². The number of aryl methyl sites for hydroxylation is 1. The summed E-state index contributed by atoms with van der Waals surface area (Å²) in [4.78, 5) is 9.15. The molecular formula is C18H32N4S. The van der Waals surface area contributed by atoms with Crippen molar-refractivity contribution in [3.8, 4) is 0 Å². The Balaban J connectivity index is 2.01. The van der Waals surface area contributed by atoms with Crippen LogP contribution in [0.3, 0.4) is 0 Å². The maximum atomic E-state index is 6.20. The highest BCUT2D eigenvalue weighted by Crippen LogP contribution is 2.37. The van der Waals surface area contributed by atoms with Crippen LogP contribution < -0.4 is 11.1 Å². The zero-order valence-electron chi connectivity index (χ0n) is 15.3. The molecule has 2 rings (SSSR count). The maximum Gasteiger partial charge on any atom is 0.189 e. The van der Waals surface area contributed by atoms with Crippen LogP contribution in [0.15, 0.2) is 5.16 Å². The normalized spacial score (nSPS) is 21.6. The summed E-state index contributed by atoms with van der Waals surface area (Å²) in [5, 5.41) is 4.43. The van der Waals surface area contributed by atoms with Crippen LogP contribution in [0.5, 0.6) is 0 Å². The van der Waals surface area contributed by atoms with Crippen molar-refractivity contribution in [2.45, 2.75) is 77.9 Å². The number of anilines is 2. The quantitative estimate of drug-likeness (QED) is 0.572. The highest BCUT2D eigenvalue weighted by atomic mass is 32.2. The van der Waals surface area contributed by atoms with Gasteiger partial charge in [0.05, 0.1) is 11.4 Å². The van der Waals surface area contributed by atoms with Gasteiger partial charge in [-0.15, -0.1) is 0 Å². The van der Waals surface area contributed by atoms with Gasteiger partial charge in [0.25, 0.3) is 0 Å². The van der Waals surface area contributed by atoms with Crippen molar-refractivity contribution in [3.63, 3.8) is 0 Å². The van der Waals surface area contributed by atoms with Gasteiger partial charge in [0.1, 0.15) is 0 Å². The minimum absolute atomic E-state index is 0.411. The molecule has 130 valence electrons. The van der Waals surface area contributed by atoms with Crippen molar-refractivity contribution in [1.82, 2.24) is 9.97 Å². The fraction of sp³-hybridized carbons (Fsp3) is 0.778. The van der Waals surface area contributed by atoms with Gasteiger partial charge in [0.15, 0.2) is 11.0 Å². The molecule has 0 saturated heterocycles. The summed E-state index contributed by atoms with van der Waals surface area (Å²) in [5.74, 6) is 2.68. The molecule has 1 aliphatic carbocycles. The standard InChI is InChI=1S/C18H32N4S/c1-6-9-23-17-20-12(2)15(19)16(22-17)21-14-8-7-13(10-14)11-18(3,4)5/h13-14H,6-11,19H2,1-5H3,(H,20,21,22)/t13-,14?/m1/s1. The van der Waals surface area contributed by atoms with Gasteiger partial charge < -0.3 is 11.1 Å². The van der Waals surface area contributed by atoms with Crippen molar-refractivity contribution in [3.05, 3.63) is 5.69 Å². The first-order chi connectivity index (χ1) is 10.8. The van der Waals surface area contributed by atoms with Gasteiger partial charge in [0, 0.05) is 11.8 Å². The van der Waals surface area contributed by atoms with Crippen LogP contribution >= 0.6 is 11.8 Å². The predicted molar refractivity (Wildman–Crippen MR) is 101 cm³/mol. The van der Waals surface area contributed by atoms with Crippen LogP contribution in [0.2, 0.25) is 0 Å². The Morgan fingerprint density at radius 3 is 2.65 bits per heavy atom.